The van der Waals surface area contributed by atoms with Crippen molar-refractivity contribution in [3.8, 4) is 0 Å². The first-order valence-corrected chi connectivity index (χ1v) is 5.45. The molecule has 0 heterocycles. The number of hydrazine groups is 1. The van der Waals surface area contributed by atoms with E-state index in [0.29, 0.717) is 11.4 Å². The molecule has 0 aliphatic carbocycles. The molecule has 1 atom stereocenters. The van der Waals surface area contributed by atoms with E-state index >= 15 is 0 Å². The Labute approximate surface area is 105 Å². The fourth-order valence-electron chi connectivity index (χ4n) is 1.58. The summed E-state index contributed by atoms with van der Waals surface area (Å²) in [7, 11) is 3.04. The Bertz CT molecular complexity index is 361. The fourth-order valence-corrected chi connectivity index (χ4v) is 1.83. The van der Waals surface area contributed by atoms with E-state index in [1.807, 2.05) is 0 Å². The number of rotatable bonds is 6. The average Bonchev–Trinajstić information content (AvgIpc) is 2.32. The van der Waals surface area contributed by atoms with E-state index in [0.717, 1.165) is 5.56 Å². The third kappa shape index (κ3) is 3.90. The van der Waals surface area contributed by atoms with Gasteiger partial charge in [0.25, 0.3) is 0 Å². The van der Waals surface area contributed by atoms with Crippen molar-refractivity contribution < 1.29 is 13.9 Å². The second-order valence-electron chi connectivity index (χ2n) is 3.55. The van der Waals surface area contributed by atoms with Gasteiger partial charge >= 0.3 is 0 Å². The van der Waals surface area contributed by atoms with Crippen LogP contribution in [0.15, 0.2) is 18.2 Å². The van der Waals surface area contributed by atoms with Crippen LogP contribution in [0.3, 0.4) is 0 Å². The molecular formula is C11H16ClFN2O2. The SMILES string of the molecule is COC(OC)C(Cc1ccc(F)cc1Cl)NN. The van der Waals surface area contributed by atoms with E-state index in [4.69, 9.17) is 26.9 Å². The Kier molecular flexibility index (Phi) is 5.80. The summed E-state index contributed by atoms with van der Waals surface area (Å²) in [6.45, 7) is 0. The standard InChI is InChI=1S/C11H16ClFN2O2/c1-16-11(17-2)10(15-14)5-7-3-4-8(13)6-9(7)12/h3-4,6,10-11,15H,5,14H2,1-2H3. The summed E-state index contributed by atoms with van der Waals surface area (Å²) in [5, 5.41) is 0.358. The van der Waals surface area contributed by atoms with Crippen LogP contribution in [0.4, 0.5) is 4.39 Å². The second kappa shape index (κ2) is 6.88. The van der Waals surface area contributed by atoms with Crippen LogP contribution >= 0.6 is 11.6 Å². The number of methoxy groups -OCH3 is 2. The lowest BCUT2D eigenvalue weighted by atomic mass is 10.1. The Morgan fingerprint density at radius 3 is 2.53 bits per heavy atom. The van der Waals surface area contributed by atoms with Crippen molar-refractivity contribution in [2.24, 2.45) is 5.84 Å². The Morgan fingerprint density at radius 1 is 1.41 bits per heavy atom. The van der Waals surface area contributed by atoms with Gasteiger partial charge in [-0.25, -0.2) is 4.39 Å². The third-order valence-corrected chi connectivity index (χ3v) is 2.81. The molecule has 0 aromatic heterocycles. The van der Waals surface area contributed by atoms with Gasteiger partial charge in [-0.2, -0.15) is 0 Å². The average molecular weight is 263 g/mol. The van der Waals surface area contributed by atoms with Crippen LogP contribution in [0.5, 0.6) is 0 Å². The van der Waals surface area contributed by atoms with E-state index in [9.17, 15) is 4.39 Å². The molecule has 4 nitrogen and oxygen atoms in total. The molecule has 6 heteroatoms. The highest BCUT2D eigenvalue weighted by molar-refractivity contribution is 6.31. The zero-order valence-corrected chi connectivity index (χ0v) is 10.5. The number of nitrogens with two attached hydrogens (primary N) is 1. The molecule has 0 aliphatic rings. The van der Waals surface area contributed by atoms with Gasteiger partial charge in [0, 0.05) is 19.2 Å². The monoisotopic (exact) mass is 262 g/mol. The van der Waals surface area contributed by atoms with Crippen molar-refractivity contribution in [3.63, 3.8) is 0 Å². The molecule has 0 amide bonds. The summed E-state index contributed by atoms with van der Waals surface area (Å²) in [6.07, 6.45) is -0.0248. The van der Waals surface area contributed by atoms with Gasteiger partial charge in [-0.05, 0) is 24.1 Å². The smallest absolute Gasteiger partial charge is 0.173 e. The zero-order chi connectivity index (χ0) is 12.8. The minimum absolute atomic E-state index is 0.270. The Hall–Kier alpha value is -0.720. The van der Waals surface area contributed by atoms with E-state index in [2.05, 4.69) is 5.43 Å². The van der Waals surface area contributed by atoms with Gasteiger partial charge in [0.15, 0.2) is 6.29 Å². The number of benzene rings is 1. The largest absolute Gasteiger partial charge is 0.354 e. The van der Waals surface area contributed by atoms with Crippen LogP contribution in [-0.2, 0) is 15.9 Å². The lowest BCUT2D eigenvalue weighted by Crippen LogP contribution is -2.47. The van der Waals surface area contributed by atoms with Crippen LogP contribution in [0.2, 0.25) is 5.02 Å². The van der Waals surface area contributed by atoms with Crippen molar-refractivity contribution in [2.75, 3.05) is 14.2 Å². The van der Waals surface area contributed by atoms with E-state index in [1.54, 1.807) is 6.07 Å². The lowest BCUT2D eigenvalue weighted by Gasteiger charge is -2.24. The van der Waals surface area contributed by atoms with Crippen LogP contribution in [0, 0.1) is 5.82 Å². The molecule has 0 radical (unpaired) electrons. The summed E-state index contributed by atoms with van der Waals surface area (Å²) in [5.41, 5.74) is 3.37. The predicted molar refractivity (Wildman–Crippen MR) is 64.0 cm³/mol. The summed E-state index contributed by atoms with van der Waals surface area (Å²) < 4.78 is 23.1. The molecule has 3 N–H and O–H groups in total. The number of halogens is 2. The first-order valence-electron chi connectivity index (χ1n) is 5.08. The van der Waals surface area contributed by atoms with Crippen molar-refractivity contribution in [2.45, 2.75) is 18.8 Å². The highest BCUT2D eigenvalue weighted by Gasteiger charge is 2.21. The molecule has 0 spiro atoms. The molecule has 0 saturated carbocycles. The highest BCUT2D eigenvalue weighted by Crippen LogP contribution is 2.19. The van der Waals surface area contributed by atoms with Gasteiger partial charge < -0.3 is 9.47 Å². The van der Waals surface area contributed by atoms with Crippen molar-refractivity contribution >= 4 is 11.6 Å². The molecule has 1 rings (SSSR count). The highest BCUT2D eigenvalue weighted by atomic mass is 35.5. The second-order valence-corrected chi connectivity index (χ2v) is 3.96. The molecule has 1 aromatic carbocycles. The predicted octanol–water partition coefficient (Wildman–Crippen LogP) is 1.47. The topological polar surface area (TPSA) is 56.5 Å². The van der Waals surface area contributed by atoms with Crippen LogP contribution in [0.1, 0.15) is 5.56 Å². The van der Waals surface area contributed by atoms with Gasteiger partial charge in [-0.15, -0.1) is 0 Å². The Morgan fingerprint density at radius 2 is 2.06 bits per heavy atom. The molecule has 96 valence electrons. The van der Waals surface area contributed by atoms with Gasteiger partial charge in [0.2, 0.25) is 0 Å². The fraction of sp³-hybridized carbons (Fsp3) is 0.455. The van der Waals surface area contributed by atoms with Crippen molar-refractivity contribution in [1.82, 2.24) is 5.43 Å². The maximum Gasteiger partial charge on any atom is 0.173 e. The van der Waals surface area contributed by atoms with Crippen LogP contribution in [-0.4, -0.2) is 26.6 Å². The molecule has 1 unspecified atom stereocenters. The van der Waals surface area contributed by atoms with E-state index in [1.165, 1.54) is 26.4 Å². The van der Waals surface area contributed by atoms with Gasteiger partial charge in [-0.3, -0.25) is 11.3 Å². The van der Waals surface area contributed by atoms with Crippen molar-refractivity contribution in [1.29, 1.82) is 0 Å². The van der Waals surface area contributed by atoms with Gasteiger partial charge in [0.05, 0.1) is 6.04 Å². The Balaban J connectivity index is 2.80. The minimum atomic E-state index is -0.499. The molecule has 17 heavy (non-hydrogen) atoms. The molecule has 0 saturated heterocycles. The lowest BCUT2D eigenvalue weighted by molar-refractivity contribution is -0.122. The van der Waals surface area contributed by atoms with Crippen LogP contribution in [0.25, 0.3) is 0 Å². The number of hydrogen-bond acceptors (Lipinski definition) is 4. The molecule has 0 fully saturated rings. The summed E-state index contributed by atoms with van der Waals surface area (Å²) in [4.78, 5) is 0. The minimum Gasteiger partial charge on any atom is -0.354 e. The first-order chi connectivity index (χ1) is 8.12. The molecule has 0 bridgehead atoms. The number of ether oxygens (including phenoxy) is 2. The molecular weight excluding hydrogens is 247 g/mol. The maximum absolute atomic E-state index is 12.9. The molecule has 1 aromatic rings. The number of hydrogen-bond donors (Lipinski definition) is 2. The van der Waals surface area contributed by atoms with E-state index < -0.39 is 6.29 Å². The van der Waals surface area contributed by atoms with Gasteiger partial charge in [-0.1, -0.05) is 17.7 Å². The summed E-state index contributed by atoms with van der Waals surface area (Å²) in [5.74, 6) is 5.06. The quantitative estimate of drug-likeness (QED) is 0.463. The normalized spacial score (nSPS) is 13.1. The van der Waals surface area contributed by atoms with Crippen molar-refractivity contribution in [3.05, 3.63) is 34.6 Å². The van der Waals surface area contributed by atoms with Crippen LogP contribution < -0.4 is 11.3 Å². The third-order valence-electron chi connectivity index (χ3n) is 2.46. The van der Waals surface area contributed by atoms with Gasteiger partial charge in [0.1, 0.15) is 5.82 Å². The maximum atomic E-state index is 12.9. The summed E-state index contributed by atoms with van der Waals surface area (Å²) >= 11 is 5.93. The van der Waals surface area contributed by atoms with E-state index in [-0.39, 0.29) is 11.9 Å². The molecule has 0 aliphatic heterocycles. The summed E-state index contributed by atoms with van der Waals surface area (Å²) in [6, 6.07) is 3.96. The number of nitrogens with one attached hydrogen (secondary N) is 1. The first kappa shape index (κ1) is 14.3. The zero-order valence-electron chi connectivity index (χ0n) is 9.74.